The molecule has 0 aliphatic heterocycles. The zero-order valence-electron chi connectivity index (χ0n) is 11.8. The van der Waals surface area contributed by atoms with E-state index >= 15 is 0 Å². The van der Waals surface area contributed by atoms with Crippen LogP contribution in [0, 0.1) is 17.3 Å². The fourth-order valence-corrected chi connectivity index (χ4v) is 3.59. The summed E-state index contributed by atoms with van der Waals surface area (Å²) in [6.07, 6.45) is 6.89. The molecule has 2 bridgehead atoms. The Kier molecular flexibility index (Phi) is 3.41. The molecule has 106 valence electrons. The highest BCUT2D eigenvalue weighted by molar-refractivity contribution is 7.83. The third-order valence-corrected chi connectivity index (χ3v) is 5.74. The van der Waals surface area contributed by atoms with Crippen molar-refractivity contribution in [3.05, 3.63) is 24.3 Å². The zero-order chi connectivity index (χ0) is 14.5. The minimum atomic E-state index is 0.346. The van der Waals surface area contributed by atoms with E-state index in [0.717, 1.165) is 21.9 Å². The number of nitrogens with two attached hydrogens (primary N) is 1. The average molecular weight is 304 g/mol. The second-order valence-corrected chi connectivity index (χ2v) is 7.25. The molecule has 4 heteroatoms. The molecular formula is C16H20N2S2. The van der Waals surface area contributed by atoms with Crippen LogP contribution in [0.3, 0.4) is 0 Å². The van der Waals surface area contributed by atoms with Crippen molar-refractivity contribution in [1.29, 1.82) is 0 Å². The van der Waals surface area contributed by atoms with Crippen LogP contribution in [0.2, 0.25) is 0 Å². The van der Waals surface area contributed by atoms with Gasteiger partial charge in [0.1, 0.15) is 0 Å². The molecule has 1 fully saturated rings. The SMILES string of the molecule is CC1C/C(=N\c2cc(S)c(S)cc2N)C2C=CC1(C)C2. The van der Waals surface area contributed by atoms with E-state index in [2.05, 4.69) is 51.3 Å². The molecule has 0 heterocycles. The van der Waals surface area contributed by atoms with Crippen LogP contribution in [0.25, 0.3) is 0 Å². The highest BCUT2D eigenvalue weighted by Crippen LogP contribution is 2.49. The van der Waals surface area contributed by atoms with Crippen molar-refractivity contribution in [3.63, 3.8) is 0 Å². The minimum absolute atomic E-state index is 0.346. The normalized spacial score (nSPS) is 33.9. The predicted octanol–water partition coefficient (Wildman–Crippen LogP) is 4.54. The van der Waals surface area contributed by atoms with E-state index in [1.807, 2.05) is 12.1 Å². The number of benzene rings is 1. The van der Waals surface area contributed by atoms with E-state index in [4.69, 9.17) is 10.7 Å². The largest absolute Gasteiger partial charge is 0.397 e. The first-order valence-corrected chi connectivity index (χ1v) is 7.87. The van der Waals surface area contributed by atoms with Crippen molar-refractivity contribution in [2.24, 2.45) is 22.2 Å². The lowest BCUT2D eigenvalue weighted by atomic mass is 9.68. The molecular weight excluding hydrogens is 284 g/mol. The summed E-state index contributed by atoms with van der Waals surface area (Å²) >= 11 is 8.73. The number of rotatable bonds is 1. The molecule has 0 radical (unpaired) electrons. The molecule has 3 unspecified atom stereocenters. The molecule has 2 aliphatic carbocycles. The number of fused-ring (bicyclic) bond motifs is 2. The number of hydrogen-bond donors (Lipinski definition) is 3. The number of nitrogen functional groups attached to an aromatic ring is 1. The molecule has 1 aromatic rings. The molecule has 0 aromatic heterocycles. The minimum Gasteiger partial charge on any atom is -0.397 e. The number of anilines is 1. The van der Waals surface area contributed by atoms with Gasteiger partial charge in [-0.05, 0) is 36.3 Å². The van der Waals surface area contributed by atoms with Gasteiger partial charge in [-0.25, -0.2) is 0 Å². The Morgan fingerprint density at radius 3 is 2.75 bits per heavy atom. The lowest BCUT2D eigenvalue weighted by molar-refractivity contribution is 0.247. The zero-order valence-corrected chi connectivity index (χ0v) is 13.6. The molecule has 0 amide bonds. The molecule has 2 nitrogen and oxygen atoms in total. The van der Waals surface area contributed by atoms with Crippen molar-refractivity contribution in [2.75, 3.05) is 5.73 Å². The molecule has 2 N–H and O–H groups in total. The van der Waals surface area contributed by atoms with Gasteiger partial charge in [0.05, 0.1) is 11.4 Å². The number of hydrogen-bond acceptors (Lipinski definition) is 4. The van der Waals surface area contributed by atoms with Crippen molar-refractivity contribution in [3.8, 4) is 0 Å². The summed E-state index contributed by atoms with van der Waals surface area (Å²) in [6.45, 7) is 4.66. The van der Waals surface area contributed by atoms with Crippen molar-refractivity contribution in [2.45, 2.75) is 36.5 Å². The van der Waals surface area contributed by atoms with Gasteiger partial charge in [-0.2, -0.15) is 0 Å². The van der Waals surface area contributed by atoms with Crippen molar-refractivity contribution < 1.29 is 0 Å². The molecule has 0 saturated heterocycles. The van der Waals surface area contributed by atoms with E-state index in [1.54, 1.807) is 0 Å². The summed E-state index contributed by atoms with van der Waals surface area (Å²) in [5.41, 5.74) is 9.14. The van der Waals surface area contributed by atoms with Gasteiger partial charge >= 0.3 is 0 Å². The Hall–Kier alpha value is -0.870. The van der Waals surface area contributed by atoms with Crippen LogP contribution >= 0.6 is 25.3 Å². The smallest absolute Gasteiger partial charge is 0.0870 e. The highest BCUT2D eigenvalue weighted by atomic mass is 32.1. The van der Waals surface area contributed by atoms with Gasteiger partial charge in [-0.3, -0.25) is 4.99 Å². The fourth-order valence-electron chi connectivity index (χ4n) is 3.20. The van der Waals surface area contributed by atoms with E-state index in [1.165, 1.54) is 12.1 Å². The standard InChI is InChI=1S/C16H20N2S2/c1-9-5-12(10-3-4-16(9,2)8-10)18-13-7-15(20)14(19)6-11(13)17/h3-4,6-7,9-10,19-20H,5,8,17H2,1-2H3/b18-12+. The van der Waals surface area contributed by atoms with Crippen LogP contribution in [-0.2, 0) is 0 Å². The van der Waals surface area contributed by atoms with Crippen LogP contribution < -0.4 is 5.73 Å². The topological polar surface area (TPSA) is 38.4 Å². The van der Waals surface area contributed by atoms with Gasteiger partial charge in [-0.1, -0.05) is 26.0 Å². The number of allylic oxidation sites excluding steroid dienone is 2. The lowest BCUT2D eigenvalue weighted by Gasteiger charge is -2.36. The molecule has 0 spiro atoms. The second kappa shape index (κ2) is 4.85. The van der Waals surface area contributed by atoms with Gasteiger partial charge in [0.2, 0.25) is 0 Å². The van der Waals surface area contributed by atoms with Crippen LogP contribution in [-0.4, -0.2) is 5.71 Å². The fraction of sp³-hybridized carbons (Fsp3) is 0.438. The van der Waals surface area contributed by atoms with Gasteiger partial charge in [0.25, 0.3) is 0 Å². The second-order valence-electron chi connectivity index (χ2n) is 6.28. The van der Waals surface area contributed by atoms with Crippen molar-refractivity contribution >= 4 is 42.3 Å². The van der Waals surface area contributed by atoms with Crippen molar-refractivity contribution in [1.82, 2.24) is 0 Å². The molecule has 1 saturated carbocycles. The first-order chi connectivity index (χ1) is 9.39. The summed E-state index contributed by atoms with van der Waals surface area (Å²) in [5.74, 6) is 1.09. The van der Waals surface area contributed by atoms with E-state index < -0.39 is 0 Å². The quantitative estimate of drug-likeness (QED) is 0.398. The van der Waals surface area contributed by atoms with Crippen LogP contribution in [0.15, 0.2) is 39.1 Å². The lowest BCUT2D eigenvalue weighted by Crippen LogP contribution is -2.32. The first kappa shape index (κ1) is 14.1. The summed E-state index contributed by atoms with van der Waals surface area (Å²) < 4.78 is 0. The molecule has 20 heavy (non-hydrogen) atoms. The number of thiol groups is 2. The van der Waals surface area contributed by atoms with Gasteiger partial charge in [-0.15, -0.1) is 25.3 Å². The van der Waals surface area contributed by atoms with E-state index in [0.29, 0.717) is 22.9 Å². The number of nitrogens with zero attached hydrogens (tertiary/aromatic N) is 1. The number of aliphatic imine (C=N–C) groups is 1. The maximum atomic E-state index is 6.06. The molecule has 3 atom stereocenters. The monoisotopic (exact) mass is 304 g/mol. The van der Waals surface area contributed by atoms with Gasteiger partial charge in [0.15, 0.2) is 0 Å². The van der Waals surface area contributed by atoms with Gasteiger partial charge < -0.3 is 5.73 Å². The first-order valence-electron chi connectivity index (χ1n) is 6.97. The maximum Gasteiger partial charge on any atom is 0.0870 e. The van der Waals surface area contributed by atoms with Crippen LogP contribution in [0.1, 0.15) is 26.7 Å². The van der Waals surface area contributed by atoms with Gasteiger partial charge in [0, 0.05) is 21.4 Å². The third-order valence-electron chi connectivity index (χ3n) is 4.83. The summed E-state index contributed by atoms with van der Waals surface area (Å²) in [4.78, 5) is 6.45. The molecule has 2 aliphatic rings. The molecule has 1 aromatic carbocycles. The third kappa shape index (κ3) is 2.29. The van der Waals surface area contributed by atoms with Crippen LogP contribution in [0.4, 0.5) is 11.4 Å². The van der Waals surface area contributed by atoms with Crippen LogP contribution in [0.5, 0.6) is 0 Å². The average Bonchev–Trinajstić information content (AvgIpc) is 2.74. The van der Waals surface area contributed by atoms with E-state index in [-0.39, 0.29) is 0 Å². The summed E-state index contributed by atoms with van der Waals surface area (Å²) in [6, 6.07) is 3.73. The Morgan fingerprint density at radius 1 is 1.30 bits per heavy atom. The van der Waals surface area contributed by atoms with E-state index in [9.17, 15) is 0 Å². The predicted molar refractivity (Wildman–Crippen MR) is 91.6 cm³/mol. The maximum absolute atomic E-state index is 6.06. The summed E-state index contributed by atoms with van der Waals surface area (Å²) in [5, 5.41) is 0. The Labute approximate surface area is 131 Å². The summed E-state index contributed by atoms with van der Waals surface area (Å²) in [7, 11) is 0. The Morgan fingerprint density at radius 2 is 2.00 bits per heavy atom. The molecule has 3 rings (SSSR count). The highest BCUT2D eigenvalue weighted by Gasteiger charge is 2.42. The Balaban J connectivity index is 1.98. The Bertz CT molecular complexity index is 621.